The van der Waals surface area contributed by atoms with E-state index in [-0.39, 0.29) is 18.0 Å². The van der Waals surface area contributed by atoms with Crippen molar-refractivity contribution in [2.75, 3.05) is 38.0 Å². The second-order valence-electron chi connectivity index (χ2n) is 6.53. The third-order valence-corrected chi connectivity index (χ3v) is 4.70. The fourth-order valence-corrected chi connectivity index (χ4v) is 3.34. The van der Waals surface area contributed by atoms with Crippen LogP contribution in [0.25, 0.3) is 0 Å². The van der Waals surface area contributed by atoms with Crippen LogP contribution in [0, 0.1) is 0 Å². The van der Waals surface area contributed by atoms with Crippen molar-refractivity contribution in [1.29, 1.82) is 0 Å². The summed E-state index contributed by atoms with van der Waals surface area (Å²) in [5, 5.41) is 5.85. The number of hydrogen-bond acceptors (Lipinski definition) is 3. The molecule has 3 amide bonds. The van der Waals surface area contributed by atoms with Gasteiger partial charge in [-0.3, -0.25) is 9.69 Å². The molecule has 2 aromatic rings. The number of nitrogens with zero attached hydrogens (tertiary/aromatic N) is 2. The lowest BCUT2D eigenvalue weighted by molar-refractivity contribution is -0.122. The highest BCUT2D eigenvalue weighted by molar-refractivity contribution is 5.95. The minimum atomic E-state index is -0.386. The lowest BCUT2D eigenvalue weighted by Gasteiger charge is -2.38. The smallest absolute Gasteiger partial charge is 0.317 e. The van der Waals surface area contributed by atoms with Crippen LogP contribution in [0.15, 0.2) is 60.7 Å². The molecule has 2 N–H and O–H groups in total. The lowest BCUT2D eigenvalue weighted by atomic mass is 10.0. The number of anilines is 1. The Hall–Kier alpha value is -2.86. The van der Waals surface area contributed by atoms with Crippen LogP contribution < -0.4 is 10.6 Å². The number of carbonyl (C=O) groups excluding carboxylic acids is 2. The summed E-state index contributed by atoms with van der Waals surface area (Å²) in [5.74, 6) is -0.0566. The summed E-state index contributed by atoms with van der Waals surface area (Å²) in [4.78, 5) is 29.1. The summed E-state index contributed by atoms with van der Waals surface area (Å²) in [6.45, 7) is 5.04. The van der Waals surface area contributed by atoms with Crippen LogP contribution in [0.1, 0.15) is 18.5 Å². The summed E-state index contributed by atoms with van der Waals surface area (Å²) < 4.78 is 0. The maximum Gasteiger partial charge on any atom is 0.317 e. The largest absolute Gasteiger partial charge is 0.338 e. The average Bonchev–Trinajstić information content (AvgIpc) is 2.70. The third kappa shape index (κ3) is 4.86. The van der Waals surface area contributed by atoms with E-state index >= 15 is 0 Å². The zero-order valence-corrected chi connectivity index (χ0v) is 15.6. The summed E-state index contributed by atoms with van der Waals surface area (Å²) in [7, 11) is 0. The van der Waals surface area contributed by atoms with E-state index in [4.69, 9.17) is 0 Å². The molecule has 142 valence electrons. The maximum atomic E-state index is 13.1. The highest BCUT2D eigenvalue weighted by atomic mass is 16.2. The maximum absolute atomic E-state index is 13.1. The molecule has 0 aromatic heterocycles. The number of carbonyl (C=O) groups is 2. The van der Waals surface area contributed by atoms with Crippen molar-refractivity contribution in [1.82, 2.24) is 15.1 Å². The first-order chi connectivity index (χ1) is 13.2. The van der Waals surface area contributed by atoms with Gasteiger partial charge >= 0.3 is 6.03 Å². The van der Waals surface area contributed by atoms with Gasteiger partial charge in [-0.15, -0.1) is 0 Å². The number of rotatable bonds is 5. The van der Waals surface area contributed by atoms with Crippen LogP contribution in [0.5, 0.6) is 0 Å². The van der Waals surface area contributed by atoms with E-state index in [1.165, 1.54) is 0 Å². The number of amides is 3. The molecule has 1 fully saturated rings. The molecule has 0 bridgehead atoms. The summed E-state index contributed by atoms with van der Waals surface area (Å²) in [6.07, 6.45) is 0. The predicted octanol–water partition coefficient (Wildman–Crippen LogP) is 2.71. The number of para-hydroxylation sites is 1. The molecule has 0 radical (unpaired) electrons. The van der Waals surface area contributed by atoms with Gasteiger partial charge in [-0.05, 0) is 24.6 Å². The molecule has 1 unspecified atom stereocenters. The predicted molar refractivity (Wildman–Crippen MR) is 106 cm³/mol. The second-order valence-corrected chi connectivity index (χ2v) is 6.53. The summed E-state index contributed by atoms with van der Waals surface area (Å²) in [6, 6.07) is 18.9. The number of urea groups is 1. The molecule has 0 spiro atoms. The van der Waals surface area contributed by atoms with Crippen molar-refractivity contribution in [3.63, 3.8) is 0 Å². The highest BCUT2D eigenvalue weighted by Crippen LogP contribution is 2.24. The van der Waals surface area contributed by atoms with Crippen molar-refractivity contribution in [3.8, 4) is 0 Å². The van der Waals surface area contributed by atoms with Crippen LogP contribution in [0.3, 0.4) is 0 Å². The SMILES string of the molecule is CCNC(=O)N1CCN(C(C(=O)Nc2ccccc2)c2ccccc2)CC1. The van der Waals surface area contributed by atoms with Gasteiger partial charge in [0.2, 0.25) is 5.91 Å². The molecular weight excluding hydrogens is 340 g/mol. The Morgan fingerprint density at radius 3 is 2.11 bits per heavy atom. The Kier molecular flexibility index (Phi) is 6.44. The van der Waals surface area contributed by atoms with Gasteiger partial charge < -0.3 is 15.5 Å². The van der Waals surface area contributed by atoms with Gasteiger partial charge in [-0.2, -0.15) is 0 Å². The molecule has 1 aliphatic rings. The van der Waals surface area contributed by atoms with E-state index < -0.39 is 0 Å². The normalized spacial score (nSPS) is 15.8. The first-order valence-corrected chi connectivity index (χ1v) is 9.36. The molecule has 3 rings (SSSR count). The monoisotopic (exact) mass is 366 g/mol. The van der Waals surface area contributed by atoms with Gasteiger partial charge in [-0.25, -0.2) is 4.79 Å². The number of piperazine rings is 1. The van der Waals surface area contributed by atoms with Gasteiger partial charge in [0.25, 0.3) is 0 Å². The van der Waals surface area contributed by atoms with Crippen molar-refractivity contribution >= 4 is 17.6 Å². The minimum absolute atomic E-state index is 0.0397. The van der Waals surface area contributed by atoms with Gasteiger partial charge in [0, 0.05) is 38.4 Å². The van der Waals surface area contributed by atoms with Crippen molar-refractivity contribution in [2.45, 2.75) is 13.0 Å². The van der Waals surface area contributed by atoms with Gasteiger partial charge in [0.05, 0.1) is 0 Å². The van der Waals surface area contributed by atoms with Crippen LogP contribution >= 0.6 is 0 Å². The Balaban J connectivity index is 1.73. The Morgan fingerprint density at radius 1 is 0.926 bits per heavy atom. The molecule has 2 aromatic carbocycles. The number of hydrogen-bond donors (Lipinski definition) is 2. The van der Waals surface area contributed by atoms with E-state index in [0.29, 0.717) is 32.7 Å². The van der Waals surface area contributed by atoms with Gasteiger partial charge in [0.1, 0.15) is 6.04 Å². The van der Waals surface area contributed by atoms with E-state index in [0.717, 1.165) is 11.3 Å². The topological polar surface area (TPSA) is 64.7 Å². The first kappa shape index (κ1) is 18.9. The fourth-order valence-electron chi connectivity index (χ4n) is 3.34. The quantitative estimate of drug-likeness (QED) is 0.855. The third-order valence-electron chi connectivity index (χ3n) is 4.70. The standard InChI is InChI=1S/C21H26N4O2/c1-2-22-21(27)25-15-13-24(14-16-25)19(17-9-5-3-6-10-17)20(26)23-18-11-7-4-8-12-18/h3-12,19H,2,13-16H2,1H3,(H,22,27)(H,23,26). The molecule has 6 nitrogen and oxygen atoms in total. The second kappa shape index (κ2) is 9.19. The van der Waals surface area contributed by atoms with Crippen molar-refractivity contribution in [3.05, 3.63) is 66.2 Å². The molecule has 1 atom stereocenters. The molecule has 1 heterocycles. The molecule has 27 heavy (non-hydrogen) atoms. The number of benzene rings is 2. The number of nitrogens with one attached hydrogen (secondary N) is 2. The van der Waals surface area contributed by atoms with Gasteiger partial charge in [-0.1, -0.05) is 48.5 Å². The fraction of sp³-hybridized carbons (Fsp3) is 0.333. The molecule has 0 aliphatic carbocycles. The van der Waals surface area contributed by atoms with Gasteiger partial charge in [0.15, 0.2) is 0 Å². The Labute approximate surface area is 160 Å². The van der Waals surface area contributed by atoms with Crippen LogP contribution in [0.2, 0.25) is 0 Å². The molecule has 0 saturated carbocycles. The van der Waals surface area contributed by atoms with Crippen LogP contribution in [-0.4, -0.2) is 54.5 Å². The van der Waals surface area contributed by atoms with Crippen molar-refractivity contribution in [2.24, 2.45) is 0 Å². The molecule has 1 aliphatic heterocycles. The van der Waals surface area contributed by atoms with E-state index in [1.807, 2.05) is 67.6 Å². The lowest BCUT2D eigenvalue weighted by Crippen LogP contribution is -2.53. The molecular formula is C21H26N4O2. The highest BCUT2D eigenvalue weighted by Gasteiger charge is 2.31. The van der Waals surface area contributed by atoms with E-state index in [1.54, 1.807) is 4.90 Å². The van der Waals surface area contributed by atoms with Crippen LogP contribution in [-0.2, 0) is 4.79 Å². The zero-order chi connectivity index (χ0) is 19.1. The zero-order valence-electron chi connectivity index (χ0n) is 15.6. The molecule has 6 heteroatoms. The first-order valence-electron chi connectivity index (χ1n) is 9.36. The van der Waals surface area contributed by atoms with E-state index in [9.17, 15) is 9.59 Å². The summed E-state index contributed by atoms with van der Waals surface area (Å²) in [5.41, 5.74) is 1.74. The average molecular weight is 366 g/mol. The van der Waals surface area contributed by atoms with Crippen LogP contribution in [0.4, 0.5) is 10.5 Å². The Bertz CT molecular complexity index is 743. The van der Waals surface area contributed by atoms with E-state index in [2.05, 4.69) is 15.5 Å². The minimum Gasteiger partial charge on any atom is -0.338 e. The molecule has 1 saturated heterocycles. The summed E-state index contributed by atoms with van der Waals surface area (Å²) >= 11 is 0. The Morgan fingerprint density at radius 2 is 1.52 bits per heavy atom. The van der Waals surface area contributed by atoms with Crippen molar-refractivity contribution < 1.29 is 9.59 Å².